The fraction of sp³-hybridized carbons (Fsp3) is 0.300. The number of ether oxygens (including phenoxy) is 1. The second-order valence-corrected chi connectivity index (χ2v) is 9.00. The third-order valence-electron chi connectivity index (χ3n) is 4.54. The van der Waals surface area contributed by atoms with Gasteiger partial charge in [0.2, 0.25) is 0 Å². The number of morpholine rings is 1. The van der Waals surface area contributed by atoms with E-state index in [-0.39, 0.29) is 24.9 Å². The number of rotatable bonds is 3. The van der Waals surface area contributed by atoms with Gasteiger partial charge in [-0.3, -0.25) is 9.59 Å². The summed E-state index contributed by atoms with van der Waals surface area (Å²) in [6.45, 7) is 2.07. The van der Waals surface area contributed by atoms with Crippen molar-refractivity contribution in [1.29, 1.82) is 0 Å². The average Bonchev–Trinajstić information content (AvgIpc) is 2.65. The molecule has 7 nitrogen and oxygen atoms in total. The summed E-state index contributed by atoms with van der Waals surface area (Å²) in [5.74, 6) is -4.70. The van der Waals surface area contributed by atoms with Crippen LogP contribution < -0.4 is 5.32 Å². The second kappa shape index (κ2) is 8.49. The van der Waals surface area contributed by atoms with Gasteiger partial charge in [-0.2, -0.15) is 0 Å². The predicted octanol–water partition coefficient (Wildman–Crippen LogP) is 2.30. The van der Waals surface area contributed by atoms with Crippen LogP contribution in [0, 0.1) is 11.6 Å². The Morgan fingerprint density at radius 1 is 1.10 bits per heavy atom. The van der Waals surface area contributed by atoms with Crippen LogP contribution in [0.15, 0.2) is 47.4 Å². The number of carbonyl (C=O) groups excluding carboxylic acids is 2. The molecule has 160 valence electrons. The Balaban J connectivity index is 1.75. The zero-order valence-electron chi connectivity index (χ0n) is 16.3. The second-order valence-electron chi connectivity index (χ2n) is 7.05. The maximum absolute atomic E-state index is 14.0. The molecular weight excluding hydrogens is 418 g/mol. The normalized spacial score (nSPS) is 19.4. The van der Waals surface area contributed by atoms with Gasteiger partial charge in [-0.1, -0.05) is 30.3 Å². The quantitative estimate of drug-likeness (QED) is 0.743. The molecule has 3 rings (SSSR count). The molecule has 0 radical (unpaired) electrons. The number of hydrogen-bond acceptors (Lipinski definition) is 5. The smallest absolute Gasteiger partial charge is 0.313 e. The van der Waals surface area contributed by atoms with E-state index in [2.05, 4.69) is 5.32 Å². The topological polar surface area (TPSA) is 92.8 Å². The number of nitrogens with one attached hydrogen (secondary N) is 1. The predicted molar refractivity (Wildman–Crippen MR) is 104 cm³/mol. The van der Waals surface area contributed by atoms with Gasteiger partial charge in [0.05, 0.1) is 12.6 Å². The molecule has 0 aliphatic carbocycles. The van der Waals surface area contributed by atoms with Crippen LogP contribution in [0.5, 0.6) is 0 Å². The highest BCUT2D eigenvalue weighted by Gasteiger charge is 2.32. The molecule has 1 aliphatic rings. The molecule has 1 fully saturated rings. The van der Waals surface area contributed by atoms with Crippen molar-refractivity contribution in [2.45, 2.75) is 24.0 Å². The molecule has 30 heavy (non-hydrogen) atoms. The Morgan fingerprint density at radius 2 is 1.70 bits per heavy atom. The van der Waals surface area contributed by atoms with Gasteiger partial charge in [0.1, 0.15) is 22.6 Å². The standard InChI is InChI=1S/C20H20F2N2O5S/c1-12-10-24(11-17(29-12)13-6-4-3-5-7-13)20(26)19(25)23-14-8-15(21)18(16(22)9-14)30(2,27)28/h3-9,12,17H,10-11H2,1-2H3,(H,23,25)/t12-,17-/m1/s1. The van der Waals surface area contributed by atoms with Crippen LogP contribution in [-0.2, 0) is 24.2 Å². The minimum atomic E-state index is -4.13. The summed E-state index contributed by atoms with van der Waals surface area (Å²) in [4.78, 5) is 25.2. The molecule has 0 saturated carbocycles. The first-order valence-electron chi connectivity index (χ1n) is 9.06. The highest BCUT2D eigenvalue weighted by Crippen LogP contribution is 2.26. The first-order valence-corrected chi connectivity index (χ1v) is 10.9. The number of anilines is 1. The number of carbonyl (C=O) groups is 2. The zero-order valence-corrected chi connectivity index (χ0v) is 17.1. The highest BCUT2D eigenvalue weighted by atomic mass is 32.2. The van der Waals surface area contributed by atoms with Crippen molar-refractivity contribution in [1.82, 2.24) is 4.90 Å². The van der Waals surface area contributed by atoms with Crippen molar-refractivity contribution >= 4 is 27.3 Å². The van der Waals surface area contributed by atoms with Crippen molar-refractivity contribution in [3.05, 3.63) is 59.7 Å². The zero-order chi connectivity index (χ0) is 22.1. The van der Waals surface area contributed by atoms with Gasteiger partial charge in [-0.15, -0.1) is 0 Å². The van der Waals surface area contributed by atoms with E-state index in [9.17, 15) is 26.8 Å². The van der Waals surface area contributed by atoms with Crippen molar-refractivity contribution in [2.24, 2.45) is 0 Å². The number of amides is 2. The third-order valence-corrected chi connectivity index (χ3v) is 5.67. The summed E-state index contributed by atoms with van der Waals surface area (Å²) in [5.41, 5.74) is 0.486. The number of hydrogen-bond donors (Lipinski definition) is 1. The van der Waals surface area contributed by atoms with E-state index in [1.54, 1.807) is 6.92 Å². The summed E-state index contributed by atoms with van der Waals surface area (Å²) in [6, 6.07) is 10.5. The summed E-state index contributed by atoms with van der Waals surface area (Å²) in [7, 11) is -4.13. The third kappa shape index (κ3) is 4.82. The lowest BCUT2D eigenvalue weighted by Crippen LogP contribution is -2.49. The maximum atomic E-state index is 14.0. The van der Waals surface area contributed by atoms with Crippen LogP contribution in [0.3, 0.4) is 0 Å². The largest absolute Gasteiger partial charge is 0.367 e. The molecule has 2 atom stereocenters. The van der Waals surface area contributed by atoms with Gasteiger partial charge in [-0.25, -0.2) is 17.2 Å². The van der Waals surface area contributed by atoms with E-state index >= 15 is 0 Å². The highest BCUT2D eigenvalue weighted by molar-refractivity contribution is 7.90. The molecule has 2 aromatic carbocycles. The number of sulfone groups is 1. The van der Waals surface area contributed by atoms with E-state index in [0.717, 1.165) is 5.56 Å². The molecule has 1 aliphatic heterocycles. The summed E-state index contributed by atoms with van der Waals surface area (Å²) < 4.78 is 56.8. The molecule has 0 spiro atoms. The van der Waals surface area contributed by atoms with Gasteiger partial charge >= 0.3 is 11.8 Å². The van der Waals surface area contributed by atoms with Crippen molar-refractivity contribution in [3.63, 3.8) is 0 Å². The molecule has 1 heterocycles. The van der Waals surface area contributed by atoms with E-state index in [1.165, 1.54) is 4.90 Å². The van der Waals surface area contributed by atoms with Gasteiger partial charge in [0.25, 0.3) is 0 Å². The Morgan fingerprint density at radius 3 is 2.27 bits per heavy atom. The fourth-order valence-corrected chi connectivity index (χ4v) is 4.11. The molecule has 0 bridgehead atoms. The van der Waals surface area contributed by atoms with Crippen LogP contribution in [0.1, 0.15) is 18.6 Å². The average molecular weight is 438 g/mol. The fourth-order valence-electron chi connectivity index (χ4n) is 3.28. The Bertz CT molecular complexity index is 1050. The van der Waals surface area contributed by atoms with E-state index < -0.39 is 44.3 Å². The lowest BCUT2D eigenvalue weighted by atomic mass is 10.1. The maximum Gasteiger partial charge on any atom is 0.313 e. The Hall–Kier alpha value is -2.85. The number of nitrogens with zero attached hydrogens (tertiary/aromatic N) is 1. The van der Waals surface area contributed by atoms with Crippen LogP contribution in [0.25, 0.3) is 0 Å². The van der Waals surface area contributed by atoms with E-state index in [0.29, 0.717) is 18.4 Å². The van der Waals surface area contributed by atoms with Crippen molar-refractivity contribution in [3.8, 4) is 0 Å². The molecule has 1 saturated heterocycles. The van der Waals surface area contributed by atoms with Crippen LogP contribution in [0.4, 0.5) is 14.5 Å². The molecule has 2 aromatic rings. The monoisotopic (exact) mass is 438 g/mol. The van der Waals surface area contributed by atoms with Gasteiger partial charge < -0.3 is 15.0 Å². The Labute approximate surface area is 172 Å². The minimum Gasteiger partial charge on any atom is -0.367 e. The van der Waals surface area contributed by atoms with E-state index in [1.807, 2.05) is 30.3 Å². The number of benzene rings is 2. The van der Waals surface area contributed by atoms with Gasteiger partial charge in [0.15, 0.2) is 9.84 Å². The molecule has 0 aromatic heterocycles. The first-order chi connectivity index (χ1) is 14.1. The van der Waals surface area contributed by atoms with Crippen LogP contribution in [0.2, 0.25) is 0 Å². The lowest BCUT2D eigenvalue weighted by molar-refractivity contribution is -0.152. The first kappa shape index (κ1) is 21.8. The van der Waals surface area contributed by atoms with Crippen molar-refractivity contribution < 1.29 is 31.5 Å². The van der Waals surface area contributed by atoms with Crippen LogP contribution in [-0.4, -0.2) is 50.6 Å². The molecule has 2 amide bonds. The lowest BCUT2D eigenvalue weighted by Gasteiger charge is -2.36. The molecular formula is C20H20F2N2O5S. The van der Waals surface area contributed by atoms with Gasteiger partial charge in [-0.05, 0) is 24.6 Å². The summed E-state index contributed by atoms with van der Waals surface area (Å²) >= 11 is 0. The molecule has 1 N–H and O–H groups in total. The Kier molecular flexibility index (Phi) is 6.18. The van der Waals surface area contributed by atoms with Crippen molar-refractivity contribution in [2.75, 3.05) is 24.7 Å². The minimum absolute atomic E-state index is 0.135. The van der Waals surface area contributed by atoms with Gasteiger partial charge in [0, 0.05) is 18.5 Å². The molecule has 10 heteroatoms. The number of halogens is 2. The summed E-state index contributed by atoms with van der Waals surface area (Å²) in [6.07, 6.45) is -0.0841. The SMILES string of the molecule is C[C@@H]1CN(C(=O)C(=O)Nc2cc(F)c(S(C)(=O)=O)c(F)c2)C[C@H](c2ccccc2)O1. The molecule has 0 unspecified atom stereocenters. The summed E-state index contributed by atoms with van der Waals surface area (Å²) in [5, 5.41) is 2.12. The van der Waals surface area contributed by atoms with Crippen LogP contribution >= 0.6 is 0 Å². The van der Waals surface area contributed by atoms with E-state index in [4.69, 9.17) is 4.74 Å².